The molecule has 3 rings (SSSR count). The predicted molar refractivity (Wildman–Crippen MR) is 118 cm³/mol. The van der Waals surface area contributed by atoms with Crippen molar-refractivity contribution in [1.82, 2.24) is 15.5 Å². The molecule has 1 aromatic heterocycles. The quantitative estimate of drug-likeness (QED) is 0.599. The second-order valence-electron chi connectivity index (χ2n) is 9.08. The van der Waals surface area contributed by atoms with Gasteiger partial charge in [-0.2, -0.15) is 0 Å². The zero-order chi connectivity index (χ0) is 22.4. The van der Waals surface area contributed by atoms with Gasteiger partial charge >= 0.3 is 6.09 Å². The van der Waals surface area contributed by atoms with E-state index >= 15 is 0 Å². The van der Waals surface area contributed by atoms with Crippen LogP contribution in [-0.4, -0.2) is 67.1 Å². The Labute approximate surface area is 187 Å². The maximum atomic E-state index is 13.2. The largest absolute Gasteiger partial charge is 0.413 e. The first-order valence-electron chi connectivity index (χ1n) is 10.9. The first-order valence-corrected chi connectivity index (χ1v) is 11.9. The number of carbonyl (C=O) groups excluding carboxylic acids is 3. The predicted octanol–water partition coefficient (Wildman–Crippen LogP) is 2.58. The van der Waals surface area contributed by atoms with Gasteiger partial charge in [0.1, 0.15) is 24.4 Å². The van der Waals surface area contributed by atoms with Gasteiger partial charge in [0.05, 0.1) is 6.10 Å². The van der Waals surface area contributed by atoms with Gasteiger partial charge in [0.25, 0.3) is 0 Å². The summed E-state index contributed by atoms with van der Waals surface area (Å²) in [5.74, 6) is -0.0904. The van der Waals surface area contributed by atoms with Gasteiger partial charge in [0.2, 0.25) is 5.91 Å². The van der Waals surface area contributed by atoms with E-state index < -0.39 is 18.2 Å². The number of amides is 2. The number of ether oxygens (including phenoxy) is 2. The zero-order valence-electron chi connectivity index (χ0n) is 18.5. The van der Waals surface area contributed by atoms with Crippen LogP contribution in [0.2, 0.25) is 0 Å². The monoisotopic (exact) mass is 451 g/mol. The van der Waals surface area contributed by atoms with E-state index in [1.165, 1.54) is 11.3 Å². The molecule has 0 aromatic carbocycles. The number of ketones is 1. The zero-order valence-corrected chi connectivity index (χ0v) is 19.3. The van der Waals surface area contributed by atoms with Crippen molar-refractivity contribution >= 4 is 29.1 Å². The third-order valence-corrected chi connectivity index (χ3v) is 6.78. The highest BCUT2D eigenvalue weighted by Gasteiger charge is 2.40. The fourth-order valence-electron chi connectivity index (χ4n) is 3.88. The van der Waals surface area contributed by atoms with Crippen molar-refractivity contribution in [2.45, 2.75) is 64.6 Å². The van der Waals surface area contributed by atoms with E-state index in [1.807, 2.05) is 20.8 Å². The Kier molecular flexibility index (Phi) is 8.07. The Balaban J connectivity index is 1.65. The number of carbonyl (C=O) groups is 3. The molecule has 3 heterocycles. The smallest absolute Gasteiger partial charge is 0.409 e. The highest BCUT2D eigenvalue weighted by Crippen LogP contribution is 2.27. The second kappa shape index (κ2) is 10.6. The van der Waals surface area contributed by atoms with Gasteiger partial charge < -0.3 is 25.0 Å². The third kappa shape index (κ3) is 6.75. The van der Waals surface area contributed by atoms with E-state index in [2.05, 4.69) is 15.5 Å². The van der Waals surface area contributed by atoms with Crippen LogP contribution < -0.4 is 15.4 Å². The Morgan fingerprint density at radius 1 is 1.35 bits per heavy atom. The van der Waals surface area contributed by atoms with Crippen LogP contribution in [0.3, 0.4) is 0 Å². The van der Waals surface area contributed by atoms with Crippen molar-refractivity contribution < 1.29 is 23.9 Å². The lowest BCUT2D eigenvalue weighted by Gasteiger charge is -2.30. The minimum absolute atomic E-state index is 0.00218. The summed E-state index contributed by atoms with van der Waals surface area (Å²) in [5.41, 5.74) is -0.178. The molecule has 0 radical (unpaired) electrons. The van der Waals surface area contributed by atoms with Gasteiger partial charge in [-0.1, -0.05) is 27.2 Å². The van der Waals surface area contributed by atoms with Gasteiger partial charge in [-0.3, -0.25) is 9.59 Å². The van der Waals surface area contributed by atoms with Crippen LogP contribution in [-0.2, 0) is 14.3 Å². The fraction of sp³-hybridized carbons (Fsp3) is 0.682. The highest BCUT2D eigenvalue weighted by atomic mass is 32.1. The summed E-state index contributed by atoms with van der Waals surface area (Å²) < 4.78 is 10.9. The molecule has 2 amide bonds. The summed E-state index contributed by atoms with van der Waals surface area (Å²) in [4.78, 5) is 40.2. The first kappa shape index (κ1) is 23.7. The maximum Gasteiger partial charge on any atom is 0.413 e. The van der Waals surface area contributed by atoms with Crippen molar-refractivity contribution in [3.63, 3.8) is 0 Å². The van der Waals surface area contributed by atoms with Gasteiger partial charge in [-0.05, 0) is 49.2 Å². The molecule has 0 spiro atoms. The summed E-state index contributed by atoms with van der Waals surface area (Å²) in [7, 11) is 0. The molecular formula is C22H33N3O5S. The molecule has 0 saturated carbocycles. The van der Waals surface area contributed by atoms with Crippen molar-refractivity contribution in [3.05, 3.63) is 16.8 Å². The Morgan fingerprint density at radius 2 is 2.10 bits per heavy atom. The lowest BCUT2D eigenvalue weighted by molar-refractivity contribution is -0.128. The van der Waals surface area contributed by atoms with Crippen molar-refractivity contribution in [1.29, 1.82) is 0 Å². The van der Waals surface area contributed by atoms with Gasteiger partial charge in [0.15, 0.2) is 5.78 Å². The van der Waals surface area contributed by atoms with Gasteiger partial charge in [0, 0.05) is 11.9 Å². The molecule has 2 fully saturated rings. The molecule has 2 aliphatic rings. The fourth-order valence-corrected chi connectivity index (χ4v) is 4.43. The highest BCUT2D eigenvalue weighted by molar-refractivity contribution is 7.08. The Morgan fingerprint density at radius 3 is 2.74 bits per heavy atom. The lowest BCUT2D eigenvalue weighted by atomic mass is 9.83. The number of nitrogens with zero attached hydrogens (tertiary/aromatic N) is 1. The number of nitrogens with one attached hydrogen (secondary N) is 2. The van der Waals surface area contributed by atoms with E-state index in [0.717, 1.165) is 32.4 Å². The van der Waals surface area contributed by atoms with Crippen LogP contribution in [0.15, 0.2) is 16.8 Å². The standard InChI is InChI=1S/C22H33N3O5S/c1-4-22(2,3)11-16(23-21(28)30-15-7-10-31-14-15)20(27)24-19-17(26)13-29-18(19)12-25-8-5-6-9-25/h7,10,14,16,18-19H,4-6,8-9,11-13H2,1-3H3,(H,23,28)(H,24,27)/t16-,18?,19?/m0/s1. The molecule has 172 valence electrons. The minimum Gasteiger partial charge on any atom is -0.409 e. The van der Waals surface area contributed by atoms with Crippen LogP contribution in [0.5, 0.6) is 5.75 Å². The summed E-state index contributed by atoms with van der Waals surface area (Å²) in [6.07, 6.45) is 2.48. The average molecular weight is 452 g/mol. The van der Waals surface area contributed by atoms with E-state index in [4.69, 9.17) is 9.47 Å². The average Bonchev–Trinajstić information content (AvgIpc) is 3.47. The van der Waals surface area contributed by atoms with Crippen LogP contribution >= 0.6 is 11.3 Å². The first-order chi connectivity index (χ1) is 14.8. The molecule has 31 heavy (non-hydrogen) atoms. The summed E-state index contributed by atoms with van der Waals surface area (Å²) in [6, 6.07) is 0.171. The number of hydrogen-bond acceptors (Lipinski definition) is 7. The van der Waals surface area contributed by atoms with E-state index in [0.29, 0.717) is 18.7 Å². The topological polar surface area (TPSA) is 97.0 Å². The number of likely N-dealkylation sites (tertiary alicyclic amines) is 1. The molecule has 0 aliphatic carbocycles. The Bertz CT molecular complexity index is 761. The third-order valence-electron chi connectivity index (χ3n) is 6.12. The van der Waals surface area contributed by atoms with Crippen LogP contribution in [0.25, 0.3) is 0 Å². The Hall–Kier alpha value is -1.97. The van der Waals surface area contributed by atoms with Crippen LogP contribution in [0.4, 0.5) is 4.79 Å². The summed E-state index contributed by atoms with van der Waals surface area (Å²) in [6.45, 7) is 8.71. The molecule has 2 N–H and O–H groups in total. The summed E-state index contributed by atoms with van der Waals surface area (Å²) >= 11 is 1.42. The van der Waals surface area contributed by atoms with Crippen molar-refractivity contribution in [3.8, 4) is 5.75 Å². The number of rotatable bonds is 9. The molecule has 0 bridgehead atoms. The van der Waals surface area contributed by atoms with E-state index in [9.17, 15) is 14.4 Å². The number of Topliss-reactive ketones (excluding diaryl/α,β-unsaturated/α-hetero) is 1. The molecular weight excluding hydrogens is 418 g/mol. The second-order valence-corrected chi connectivity index (χ2v) is 9.86. The maximum absolute atomic E-state index is 13.2. The molecule has 8 nitrogen and oxygen atoms in total. The molecule has 2 aliphatic heterocycles. The molecule has 9 heteroatoms. The molecule has 1 aromatic rings. The van der Waals surface area contributed by atoms with Crippen molar-refractivity contribution in [2.75, 3.05) is 26.2 Å². The van der Waals surface area contributed by atoms with Crippen LogP contribution in [0, 0.1) is 5.41 Å². The van der Waals surface area contributed by atoms with Gasteiger partial charge in [-0.15, -0.1) is 11.3 Å². The SMILES string of the molecule is CCC(C)(C)C[C@H](NC(=O)Oc1ccsc1)C(=O)NC1C(=O)COC1CN1CCCC1. The van der Waals surface area contributed by atoms with E-state index in [1.54, 1.807) is 16.8 Å². The van der Waals surface area contributed by atoms with Gasteiger partial charge in [-0.25, -0.2) is 4.79 Å². The number of hydrogen-bond donors (Lipinski definition) is 2. The number of thiophene rings is 1. The minimum atomic E-state index is -0.818. The molecule has 2 saturated heterocycles. The normalized spacial score (nSPS) is 23.0. The summed E-state index contributed by atoms with van der Waals surface area (Å²) in [5, 5.41) is 9.06. The lowest BCUT2D eigenvalue weighted by Crippen LogP contribution is -2.56. The van der Waals surface area contributed by atoms with E-state index in [-0.39, 0.29) is 29.8 Å². The molecule has 2 unspecified atom stereocenters. The molecule has 3 atom stereocenters. The van der Waals surface area contributed by atoms with Crippen LogP contribution in [0.1, 0.15) is 46.5 Å². The van der Waals surface area contributed by atoms with Crippen molar-refractivity contribution in [2.24, 2.45) is 5.41 Å².